The molecule has 5 rings (SSSR count). The SMILES string of the molecule is CCCCCCCCCCCCCC(C(=O)OC)N1C(=O)CCc2ccc(CCN3CCN(c4cc(F)cc5sccc45)CC3)cc21. The first-order chi connectivity index (χ1) is 23.0. The normalized spacial score (nSPS) is 16.1. The first-order valence-corrected chi connectivity index (χ1v) is 19.0. The van der Waals surface area contributed by atoms with Crippen molar-refractivity contribution in [3.05, 3.63) is 58.7 Å². The Hall–Kier alpha value is -2.97. The fourth-order valence-corrected chi connectivity index (χ4v) is 8.14. The minimum atomic E-state index is -0.578. The average molecular weight is 664 g/mol. The highest BCUT2D eigenvalue weighted by Gasteiger charge is 2.35. The molecule has 2 aliphatic rings. The Balaban J connectivity index is 1.13. The summed E-state index contributed by atoms with van der Waals surface area (Å²) >= 11 is 1.58. The molecule has 8 heteroatoms. The van der Waals surface area contributed by atoms with Gasteiger partial charge in [0.05, 0.1) is 7.11 Å². The first-order valence-electron chi connectivity index (χ1n) is 18.1. The fraction of sp³-hybridized carbons (Fsp3) is 0.590. The zero-order valence-electron chi connectivity index (χ0n) is 28.6. The number of halogens is 1. The molecular formula is C39H54FN3O3S. The van der Waals surface area contributed by atoms with E-state index in [1.54, 1.807) is 28.4 Å². The second kappa shape index (κ2) is 18.0. The van der Waals surface area contributed by atoms with E-state index in [0.29, 0.717) is 19.3 Å². The summed E-state index contributed by atoms with van der Waals surface area (Å²) in [4.78, 5) is 32.9. The van der Waals surface area contributed by atoms with E-state index in [1.165, 1.54) is 70.5 Å². The van der Waals surface area contributed by atoms with Crippen LogP contribution in [0, 0.1) is 5.82 Å². The summed E-state index contributed by atoms with van der Waals surface area (Å²) < 4.78 is 20.5. The van der Waals surface area contributed by atoms with Gasteiger partial charge in [-0.25, -0.2) is 9.18 Å². The first kappa shape index (κ1) is 35.3. The summed E-state index contributed by atoms with van der Waals surface area (Å²) in [6.45, 7) is 6.73. The van der Waals surface area contributed by atoms with Crippen LogP contribution in [0.1, 0.15) is 102 Å². The second-order valence-electron chi connectivity index (χ2n) is 13.4. The number of benzene rings is 2. The molecule has 0 radical (unpaired) electrons. The Morgan fingerprint density at radius 3 is 2.28 bits per heavy atom. The standard InChI is InChI=1S/C39H54FN3O3S/c1-3-4-5-6-7-8-9-10-11-12-13-14-34(39(45)46-2)43-35-27-30(15-16-31(35)17-18-38(43)44)19-21-41-22-24-42(25-23-41)36-28-32(40)29-37-33(36)20-26-47-37/h15-16,20,26-29,34H,3-14,17-19,21-25H2,1-2H3. The Labute approximate surface area is 285 Å². The lowest BCUT2D eigenvalue weighted by atomic mass is 9.95. The molecule has 0 N–H and O–H groups in total. The third-order valence-electron chi connectivity index (χ3n) is 10.1. The van der Waals surface area contributed by atoms with Crippen LogP contribution in [0.2, 0.25) is 0 Å². The molecule has 1 saturated heterocycles. The molecule has 2 aliphatic heterocycles. The van der Waals surface area contributed by atoms with E-state index in [0.717, 1.165) is 79.0 Å². The molecule has 256 valence electrons. The number of thiophene rings is 1. The predicted molar refractivity (Wildman–Crippen MR) is 193 cm³/mol. The number of carbonyl (C=O) groups is 2. The van der Waals surface area contributed by atoms with Gasteiger partial charge in [-0.15, -0.1) is 11.3 Å². The number of esters is 1. The van der Waals surface area contributed by atoms with Crippen LogP contribution in [0.25, 0.3) is 10.1 Å². The van der Waals surface area contributed by atoms with E-state index in [1.807, 2.05) is 5.38 Å². The number of amides is 1. The number of hydrogen-bond acceptors (Lipinski definition) is 6. The summed E-state index contributed by atoms with van der Waals surface area (Å²) in [7, 11) is 1.43. The number of aryl methyl sites for hydroxylation is 1. The summed E-state index contributed by atoms with van der Waals surface area (Å²) in [6, 6.07) is 11.3. The van der Waals surface area contributed by atoms with Gasteiger partial charge in [0.15, 0.2) is 0 Å². The lowest BCUT2D eigenvalue weighted by molar-refractivity contribution is -0.143. The number of hydrogen-bond donors (Lipinski definition) is 0. The highest BCUT2D eigenvalue weighted by molar-refractivity contribution is 7.17. The largest absolute Gasteiger partial charge is 0.467 e. The van der Waals surface area contributed by atoms with Crippen LogP contribution < -0.4 is 9.80 Å². The maximum absolute atomic E-state index is 14.3. The van der Waals surface area contributed by atoms with Crippen molar-refractivity contribution >= 4 is 44.7 Å². The van der Waals surface area contributed by atoms with Gasteiger partial charge >= 0.3 is 5.97 Å². The molecule has 47 heavy (non-hydrogen) atoms. The minimum absolute atomic E-state index is 0.0151. The number of fused-ring (bicyclic) bond motifs is 2. The van der Waals surface area contributed by atoms with Crippen LogP contribution in [0.4, 0.5) is 15.8 Å². The number of methoxy groups -OCH3 is 1. The third-order valence-corrected chi connectivity index (χ3v) is 11.0. The van der Waals surface area contributed by atoms with Crippen LogP contribution in [-0.2, 0) is 27.2 Å². The van der Waals surface area contributed by atoms with Gasteiger partial charge < -0.3 is 9.64 Å². The second-order valence-corrected chi connectivity index (χ2v) is 14.4. The van der Waals surface area contributed by atoms with Crippen molar-refractivity contribution in [3.63, 3.8) is 0 Å². The molecule has 1 aromatic heterocycles. The summed E-state index contributed by atoms with van der Waals surface area (Å²) in [5.74, 6) is -0.480. The number of nitrogens with zero attached hydrogens (tertiary/aromatic N) is 3. The van der Waals surface area contributed by atoms with Gasteiger partial charge in [-0.3, -0.25) is 14.6 Å². The number of ether oxygens (including phenoxy) is 1. The quantitative estimate of drug-likeness (QED) is 0.101. The Bertz CT molecular complexity index is 1450. The van der Waals surface area contributed by atoms with Crippen LogP contribution >= 0.6 is 11.3 Å². The molecular weight excluding hydrogens is 610 g/mol. The number of piperazine rings is 1. The van der Waals surface area contributed by atoms with E-state index in [-0.39, 0.29) is 17.7 Å². The highest BCUT2D eigenvalue weighted by atomic mass is 32.1. The van der Waals surface area contributed by atoms with Crippen LogP contribution in [0.3, 0.4) is 0 Å². The predicted octanol–water partition coefficient (Wildman–Crippen LogP) is 8.93. The maximum Gasteiger partial charge on any atom is 0.328 e. The molecule has 0 spiro atoms. The number of carbonyl (C=O) groups excluding carboxylic acids is 2. The van der Waals surface area contributed by atoms with Crippen molar-refractivity contribution in [1.29, 1.82) is 0 Å². The topological polar surface area (TPSA) is 53.1 Å². The lowest BCUT2D eigenvalue weighted by Gasteiger charge is -2.37. The van der Waals surface area contributed by atoms with Crippen molar-refractivity contribution in [1.82, 2.24) is 4.90 Å². The van der Waals surface area contributed by atoms with Gasteiger partial charge in [0, 0.05) is 60.6 Å². The number of anilines is 2. The van der Waals surface area contributed by atoms with Crippen molar-refractivity contribution in [3.8, 4) is 0 Å². The zero-order chi connectivity index (χ0) is 33.0. The van der Waals surface area contributed by atoms with Gasteiger partial charge in [0.1, 0.15) is 11.9 Å². The van der Waals surface area contributed by atoms with E-state index in [2.05, 4.69) is 41.0 Å². The summed E-state index contributed by atoms with van der Waals surface area (Å²) in [6.07, 6.45) is 16.3. The number of unbranched alkanes of at least 4 members (excludes halogenated alkanes) is 10. The molecule has 0 saturated carbocycles. The van der Waals surface area contributed by atoms with E-state index in [9.17, 15) is 14.0 Å². The molecule has 1 amide bonds. The maximum atomic E-state index is 14.3. The fourth-order valence-electron chi connectivity index (χ4n) is 7.31. The molecule has 0 bridgehead atoms. The van der Waals surface area contributed by atoms with Crippen LogP contribution in [-0.4, -0.2) is 62.7 Å². The Morgan fingerprint density at radius 2 is 1.57 bits per heavy atom. The molecule has 3 aromatic rings. The molecule has 2 aromatic carbocycles. The van der Waals surface area contributed by atoms with E-state index < -0.39 is 6.04 Å². The Kier molecular flexibility index (Phi) is 13.5. The smallest absolute Gasteiger partial charge is 0.328 e. The molecule has 1 unspecified atom stereocenters. The third kappa shape index (κ3) is 9.56. The zero-order valence-corrected chi connectivity index (χ0v) is 29.4. The van der Waals surface area contributed by atoms with Crippen LogP contribution in [0.5, 0.6) is 0 Å². The van der Waals surface area contributed by atoms with Crippen LogP contribution in [0.15, 0.2) is 41.8 Å². The van der Waals surface area contributed by atoms with E-state index in [4.69, 9.17) is 4.74 Å². The summed E-state index contributed by atoms with van der Waals surface area (Å²) in [5, 5.41) is 3.16. The molecule has 3 heterocycles. The van der Waals surface area contributed by atoms with E-state index >= 15 is 0 Å². The van der Waals surface area contributed by atoms with Gasteiger partial charge in [-0.1, -0.05) is 89.7 Å². The average Bonchev–Trinajstić information content (AvgIpc) is 3.56. The highest BCUT2D eigenvalue weighted by Crippen LogP contribution is 2.34. The Morgan fingerprint density at radius 1 is 0.872 bits per heavy atom. The molecule has 1 fully saturated rings. The van der Waals surface area contributed by atoms with Crippen molar-refractivity contribution in [2.45, 2.75) is 109 Å². The van der Waals surface area contributed by atoms with Crippen molar-refractivity contribution in [2.24, 2.45) is 0 Å². The van der Waals surface area contributed by atoms with Gasteiger partial charge in [0.25, 0.3) is 0 Å². The minimum Gasteiger partial charge on any atom is -0.467 e. The molecule has 0 aliphatic carbocycles. The van der Waals surface area contributed by atoms with Crippen molar-refractivity contribution in [2.75, 3.05) is 49.6 Å². The lowest BCUT2D eigenvalue weighted by Crippen LogP contribution is -2.48. The summed E-state index contributed by atoms with van der Waals surface area (Å²) in [5.41, 5.74) is 4.18. The van der Waals surface area contributed by atoms with Gasteiger partial charge in [-0.2, -0.15) is 0 Å². The number of rotatable bonds is 18. The molecule has 1 atom stereocenters. The van der Waals surface area contributed by atoms with Crippen molar-refractivity contribution < 1.29 is 18.7 Å². The van der Waals surface area contributed by atoms with Gasteiger partial charge in [-0.05, 0) is 60.0 Å². The monoisotopic (exact) mass is 663 g/mol. The van der Waals surface area contributed by atoms with Gasteiger partial charge in [0.2, 0.25) is 5.91 Å². The molecule has 6 nitrogen and oxygen atoms in total.